The molecule has 0 atom stereocenters. The van der Waals surface area contributed by atoms with Gasteiger partial charge in [-0.25, -0.2) is 0 Å². The zero-order valence-electron chi connectivity index (χ0n) is 17.9. The quantitative estimate of drug-likeness (QED) is 0.305. The Bertz CT molecular complexity index is 1030. The molecule has 1 heteroatoms. The molecule has 0 heterocycles. The molecule has 152 valence electrons. The van der Waals surface area contributed by atoms with Gasteiger partial charge in [-0.2, -0.15) is 0 Å². The van der Waals surface area contributed by atoms with E-state index in [2.05, 4.69) is 122 Å². The third-order valence-corrected chi connectivity index (χ3v) is 11.0. The Morgan fingerprint density at radius 2 is 0.839 bits per heavy atom. The normalized spacial score (nSPS) is 11.1. The van der Waals surface area contributed by atoms with E-state index in [1.807, 2.05) is 12.2 Å². The maximum Gasteiger partial charge on any atom is 0.126 e. The monoisotopic (exact) mass is 416 g/mol. The van der Waals surface area contributed by atoms with Crippen molar-refractivity contribution in [3.05, 3.63) is 145 Å². The molecular weight excluding hydrogens is 388 g/mol. The Kier molecular flexibility index (Phi) is 6.45. The van der Waals surface area contributed by atoms with Crippen molar-refractivity contribution >= 4 is 30.6 Å². The van der Waals surface area contributed by atoms with Gasteiger partial charge in [-0.05, 0) is 34.3 Å². The molecule has 0 aliphatic carbocycles. The van der Waals surface area contributed by atoms with Crippen molar-refractivity contribution in [3.8, 4) is 0 Å². The highest BCUT2D eigenvalue weighted by Crippen LogP contribution is 2.20. The summed E-state index contributed by atoms with van der Waals surface area (Å²) in [5.41, 5.74) is 5.09. The van der Waals surface area contributed by atoms with E-state index in [9.17, 15) is 0 Å². The summed E-state index contributed by atoms with van der Waals surface area (Å²) in [6.07, 6.45) is 3.81. The van der Waals surface area contributed by atoms with E-state index in [4.69, 9.17) is 0 Å². The molecule has 0 spiro atoms. The van der Waals surface area contributed by atoms with Crippen LogP contribution in [0.5, 0.6) is 0 Å². The summed E-state index contributed by atoms with van der Waals surface area (Å²) in [5.74, 6) is 0. The molecule has 0 aliphatic rings. The minimum Gasteiger partial charge on any atom is -0.0985 e. The van der Waals surface area contributed by atoms with Gasteiger partial charge in [-0.3, -0.25) is 0 Å². The van der Waals surface area contributed by atoms with Crippen LogP contribution in [0.3, 0.4) is 0 Å². The molecule has 0 unspecified atom stereocenters. The van der Waals surface area contributed by atoms with Crippen molar-refractivity contribution in [2.75, 3.05) is 0 Å². The number of hydrogen-bond donors (Lipinski definition) is 0. The van der Waals surface area contributed by atoms with Crippen molar-refractivity contribution in [2.45, 2.75) is 12.1 Å². The summed E-state index contributed by atoms with van der Waals surface area (Å²) in [4.78, 5) is 0. The van der Waals surface area contributed by atoms with Gasteiger partial charge in [-0.15, -0.1) is 0 Å². The molecule has 4 aromatic carbocycles. The van der Waals surface area contributed by atoms with Gasteiger partial charge in [0.15, 0.2) is 0 Å². The van der Waals surface area contributed by atoms with Crippen LogP contribution in [0.2, 0.25) is 0 Å². The average Bonchev–Trinajstić information content (AvgIpc) is 2.85. The van der Waals surface area contributed by atoms with Crippen LogP contribution in [0.25, 0.3) is 12.2 Å². The fraction of sp³-hybridized carbons (Fsp3) is 0.0667. The van der Waals surface area contributed by atoms with E-state index >= 15 is 0 Å². The molecule has 31 heavy (non-hydrogen) atoms. The van der Waals surface area contributed by atoms with Crippen molar-refractivity contribution in [1.82, 2.24) is 0 Å². The van der Waals surface area contributed by atoms with Crippen LogP contribution in [0.1, 0.15) is 22.3 Å². The van der Waals surface area contributed by atoms with Gasteiger partial charge in [0.05, 0.1) is 0 Å². The maximum absolute atomic E-state index is 3.90. The predicted octanol–water partition coefficient (Wildman–Crippen LogP) is 6.10. The van der Waals surface area contributed by atoms with E-state index in [0.717, 1.165) is 23.2 Å². The molecule has 0 bridgehead atoms. The Labute approximate surface area is 187 Å². The zero-order chi connectivity index (χ0) is 21.5. The standard InChI is InChI=1S/C30H28Si/c1-3-25-15-19-27(20-16-25)23-31(29-11-7-5-8-12-29,30-13-9-6-10-14-30)24-28-21-17-26(4-2)18-22-28/h3-22H,1-2,23-24H2. The molecule has 0 aromatic heterocycles. The molecule has 0 saturated heterocycles. The molecular formula is C30H28Si. The lowest BCUT2D eigenvalue weighted by Gasteiger charge is -2.34. The first-order valence-electron chi connectivity index (χ1n) is 10.8. The van der Waals surface area contributed by atoms with Crippen LogP contribution in [0, 0.1) is 0 Å². The largest absolute Gasteiger partial charge is 0.126 e. The summed E-state index contributed by atoms with van der Waals surface area (Å²) in [6, 6.07) is 42.2. The van der Waals surface area contributed by atoms with E-state index < -0.39 is 8.07 Å². The molecule has 0 nitrogen and oxygen atoms in total. The zero-order valence-corrected chi connectivity index (χ0v) is 18.9. The SMILES string of the molecule is C=Cc1ccc(C[Si](Cc2ccc(C=C)cc2)(c2ccccc2)c2ccccc2)cc1. The minimum atomic E-state index is -2.14. The highest BCUT2D eigenvalue weighted by Gasteiger charge is 2.37. The first kappa shape index (κ1) is 20.8. The van der Waals surface area contributed by atoms with Gasteiger partial charge >= 0.3 is 0 Å². The fourth-order valence-electron chi connectivity index (χ4n) is 4.39. The number of rotatable bonds is 8. The van der Waals surface area contributed by atoms with Crippen molar-refractivity contribution in [2.24, 2.45) is 0 Å². The van der Waals surface area contributed by atoms with Crippen LogP contribution < -0.4 is 10.4 Å². The van der Waals surface area contributed by atoms with Crippen LogP contribution >= 0.6 is 0 Å². The average molecular weight is 417 g/mol. The van der Waals surface area contributed by atoms with E-state index in [0.29, 0.717) is 0 Å². The summed E-state index contributed by atoms with van der Waals surface area (Å²) < 4.78 is 0. The summed E-state index contributed by atoms with van der Waals surface area (Å²) in [6.45, 7) is 7.80. The van der Waals surface area contributed by atoms with Gasteiger partial charge in [0.25, 0.3) is 0 Å². The summed E-state index contributed by atoms with van der Waals surface area (Å²) >= 11 is 0. The molecule has 0 radical (unpaired) electrons. The van der Waals surface area contributed by atoms with Crippen molar-refractivity contribution in [3.63, 3.8) is 0 Å². The molecule has 4 rings (SSSR count). The van der Waals surface area contributed by atoms with E-state index in [1.165, 1.54) is 21.5 Å². The topological polar surface area (TPSA) is 0 Å². The van der Waals surface area contributed by atoms with Gasteiger partial charge in [-0.1, -0.05) is 145 Å². The van der Waals surface area contributed by atoms with Crippen LogP contribution in [0.15, 0.2) is 122 Å². The summed E-state index contributed by atoms with van der Waals surface area (Å²) in [7, 11) is -2.14. The Morgan fingerprint density at radius 1 is 0.484 bits per heavy atom. The van der Waals surface area contributed by atoms with Gasteiger partial charge in [0, 0.05) is 0 Å². The van der Waals surface area contributed by atoms with Gasteiger partial charge < -0.3 is 0 Å². The Morgan fingerprint density at radius 3 is 1.16 bits per heavy atom. The fourth-order valence-corrected chi connectivity index (χ4v) is 9.19. The minimum absolute atomic E-state index is 1.06. The predicted molar refractivity (Wildman–Crippen MR) is 138 cm³/mol. The van der Waals surface area contributed by atoms with Crippen LogP contribution in [-0.2, 0) is 12.1 Å². The van der Waals surface area contributed by atoms with Crippen LogP contribution in [-0.4, -0.2) is 8.07 Å². The Balaban J connectivity index is 1.86. The maximum atomic E-state index is 3.90. The summed E-state index contributed by atoms with van der Waals surface area (Å²) in [5, 5.41) is 2.95. The van der Waals surface area contributed by atoms with E-state index in [1.54, 1.807) is 0 Å². The molecule has 0 amide bonds. The van der Waals surface area contributed by atoms with Gasteiger partial charge in [0.1, 0.15) is 8.07 Å². The van der Waals surface area contributed by atoms with Crippen molar-refractivity contribution < 1.29 is 0 Å². The third kappa shape index (κ3) is 4.68. The number of benzene rings is 4. The molecule has 0 aliphatic heterocycles. The lowest BCUT2D eigenvalue weighted by atomic mass is 10.1. The highest BCUT2D eigenvalue weighted by atomic mass is 28.3. The van der Waals surface area contributed by atoms with E-state index in [-0.39, 0.29) is 0 Å². The highest BCUT2D eigenvalue weighted by molar-refractivity contribution is 7.01. The lowest BCUT2D eigenvalue weighted by Crippen LogP contribution is -2.62. The Hall–Kier alpha value is -3.42. The van der Waals surface area contributed by atoms with Crippen molar-refractivity contribution in [1.29, 1.82) is 0 Å². The molecule has 4 aromatic rings. The van der Waals surface area contributed by atoms with Gasteiger partial charge in [0.2, 0.25) is 0 Å². The third-order valence-electron chi connectivity index (χ3n) is 6.10. The molecule has 0 saturated carbocycles. The lowest BCUT2D eigenvalue weighted by molar-refractivity contribution is 1.24. The second-order valence-corrected chi connectivity index (χ2v) is 12.1. The second kappa shape index (κ2) is 9.59. The molecule has 0 N–H and O–H groups in total. The molecule has 0 fully saturated rings. The smallest absolute Gasteiger partial charge is 0.0985 e. The van der Waals surface area contributed by atoms with Crippen LogP contribution in [0.4, 0.5) is 0 Å². The second-order valence-electron chi connectivity index (χ2n) is 8.06. The first-order chi connectivity index (χ1) is 15.2. The number of hydrogen-bond acceptors (Lipinski definition) is 0. The first-order valence-corrected chi connectivity index (χ1v) is 13.2.